The lowest BCUT2D eigenvalue weighted by atomic mass is 9.69. The highest BCUT2D eigenvalue weighted by atomic mass is 19.4. The van der Waals surface area contributed by atoms with Gasteiger partial charge in [0.2, 0.25) is 0 Å². The molecule has 0 aromatic heterocycles. The number of halogens is 3. The van der Waals surface area contributed by atoms with E-state index in [1.54, 1.807) is 12.1 Å². The van der Waals surface area contributed by atoms with E-state index in [1.807, 2.05) is 6.92 Å². The van der Waals surface area contributed by atoms with Crippen molar-refractivity contribution in [2.75, 3.05) is 18.0 Å². The minimum absolute atomic E-state index is 0.191. The molecule has 0 amide bonds. The molecule has 1 aliphatic carbocycles. The molecule has 0 atom stereocenters. The van der Waals surface area contributed by atoms with Crippen molar-refractivity contribution in [3.8, 4) is 5.75 Å². The van der Waals surface area contributed by atoms with Crippen molar-refractivity contribution in [1.29, 1.82) is 0 Å². The maximum atomic E-state index is 12.2. The van der Waals surface area contributed by atoms with Gasteiger partial charge in [0.05, 0.1) is 5.60 Å². The predicted molar refractivity (Wildman–Crippen MR) is 81.5 cm³/mol. The summed E-state index contributed by atoms with van der Waals surface area (Å²) < 4.78 is 40.5. The molecule has 2 fully saturated rings. The van der Waals surface area contributed by atoms with E-state index in [0.717, 1.165) is 50.9 Å². The summed E-state index contributed by atoms with van der Waals surface area (Å²) in [5.41, 5.74) is 0.618. The number of benzene rings is 1. The van der Waals surface area contributed by atoms with Gasteiger partial charge in [0.1, 0.15) is 5.75 Å². The Labute approximate surface area is 134 Å². The molecule has 128 valence electrons. The van der Waals surface area contributed by atoms with Crippen LogP contribution in [0.3, 0.4) is 0 Å². The van der Waals surface area contributed by atoms with Gasteiger partial charge in [-0.25, -0.2) is 0 Å². The van der Waals surface area contributed by atoms with Crippen molar-refractivity contribution in [3.63, 3.8) is 0 Å². The van der Waals surface area contributed by atoms with Crippen LogP contribution < -0.4 is 9.64 Å². The zero-order valence-electron chi connectivity index (χ0n) is 13.2. The maximum absolute atomic E-state index is 12.2. The minimum Gasteiger partial charge on any atom is -0.406 e. The average molecular weight is 329 g/mol. The normalized spacial score (nSPS) is 31.6. The first-order chi connectivity index (χ1) is 10.7. The molecule has 3 rings (SSSR count). The van der Waals surface area contributed by atoms with Crippen LogP contribution in [0.25, 0.3) is 0 Å². The Morgan fingerprint density at radius 3 is 2.22 bits per heavy atom. The Morgan fingerprint density at radius 1 is 1.04 bits per heavy atom. The van der Waals surface area contributed by atoms with Crippen LogP contribution in [0.1, 0.15) is 39.0 Å². The first-order valence-electron chi connectivity index (χ1n) is 8.00. The number of anilines is 1. The smallest absolute Gasteiger partial charge is 0.406 e. The van der Waals surface area contributed by atoms with Crippen LogP contribution in [0.4, 0.5) is 18.9 Å². The molecule has 3 nitrogen and oxygen atoms in total. The highest BCUT2D eigenvalue weighted by Gasteiger charge is 2.43. The van der Waals surface area contributed by atoms with Crippen LogP contribution in [0, 0.1) is 5.41 Å². The topological polar surface area (TPSA) is 32.7 Å². The van der Waals surface area contributed by atoms with Crippen molar-refractivity contribution in [1.82, 2.24) is 0 Å². The van der Waals surface area contributed by atoms with Crippen LogP contribution in [-0.2, 0) is 0 Å². The largest absolute Gasteiger partial charge is 0.573 e. The van der Waals surface area contributed by atoms with E-state index in [9.17, 15) is 18.3 Å². The van der Waals surface area contributed by atoms with Gasteiger partial charge >= 0.3 is 6.36 Å². The second-order valence-corrected chi connectivity index (χ2v) is 7.21. The van der Waals surface area contributed by atoms with Gasteiger partial charge in [0, 0.05) is 18.8 Å². The summed E-state index contributed by atoms with van der Waals surface area (Å²) in [6.45, 7) is 3.70. The monoisotopic (exact) mass is 329 g/mol. The molecular weight excluding hydrogens is 307 g/mol. The zero-order valence-corrected chi connectivity index (χ0v) is 13.2. The fourth-order valence-electron chi connectivity index (χ4n) is 3.74. The van der Waals surface area contributed by atoms with Gasteiger partial charge in [-0.1, -0.05) is 0 Å². The second kappa shape index (κ2) is 5.58. The van der Waals surface area contributed by atoms with Crippen LogP contribution in [0.5, 0.6) is 5.75 Å². The highest BCUT2D eigenvalue weighted by Crippen LogP contribution is 2.47. The lowest BCUT2D eigenvalue weighted by Gasteiger charge is -2.40. The van der Waals surface area contributed by atoms with Gasteiger partial charge in [0.25, 0.3) is 0 Å². The molecular formula is C17H22F3NO2. The van der Waals surface area contributed by atoms with Crippen molar-refractivity contribution in [3.05, 3.63) is 24.3 Å². The average Bonchev–Trinajstić information content (AvgIpc) is 2.87. The third-order valence-corrected chi connectivity index (χ3v) is 5.26. The van der Waals surface area contributed by atoms with Gasteiger partial charge in [0.15, 0.2) is 0 Å². The Hall–Kier alpha value is -1.43. The molecule has 1 saturated heterocycles. The summed E-state index contributed by atoms with van der Waals surface area (Å²) in [6, 6.07) is 6.08. The van der Waals surface area contributed by atoms with Crippen LogP contribution in [0.15, 0.2) is 24.3 Å². The summed E-state index contributed by atoms with van der Waals surface area (Å²) in [5, 5.41) is 10.1. The van der Waals surface area contributed by atoms with Crippen molar-refractivity contribution < 1.29 is 23.0 Å². The van der Waals surface area contributed by atoms with Gasteiger partial charge in [-0.05, 0) is 68.7 Å². The molecule has 1 heterocycles. The molecule has 1 spiro atoms. The second-order valence-electron chi connectivity index (χ2n) is 7.21. The van der Waals surface area contributed by atoms with E-state index < -0.39 is 12.0 Å². The van der Waals surface area contributed by atoms with E-state index >= 15 is 0 Å². The number of hydrogen-bond acceptors (Lipinski definition) is 3. The zero-order chi connectivity index (χ0) is 16.7. The molecule has 1 N–H and O–H groups in total. The number of ether oxygens (including phenoxy) is 1. The van der Waals surface area contributed by atoms with Gasteiger partial charge in [-0.15, -0.1) is 13.2 Å². The number of aliphatic hydroxyl groups is 1. The number of alkyl halides is 3. The molecule has 0 bridgehead atoms. The fraction of sp³-hybridized carbons (Fsp3) is 0.647. The Bertz CT molecular complexity index is 544. The highest BCUT2D eigenvalue weighted by molar-refractivity contribution is 5.50. The molecule has 1 aromatic rings. The fourth-order valence-corrected chi connectivity index (χ4v) is 3.74. The lowest BCUT2D eigenvalue weighted by molar-refractivity contribution is -0.274. The number of rotatable bonds is 2. The number of hydrogen-bond donors (Lipinski definition) is 1. The molecule has 23 heavy (non-hydrogen) atoms. The summed E-state index contributed by atoms with van der Waals surface area (Å²) in [7, 11) is 0. The molecule has 0 radical (unpaired) electrons. The van der Waals surface area contributed by atoms with Gasteiger partial charge < -0.3 is 14.7 Å². The van der Waals surface area contributed by atoms with Gasteiger partial charge in [-0.3, -0.25) is 0 Å². The third kappa shape index (κ3) is 3.91. The lowest BCUT2D eigenvalue weighted by Crippen LogP contribution is -2.38. The van der Waals surface area contributed by atoms with E-state index in [2.05, 4.69) is 9.64 Å². The summed E-state index contributed by atoms with van der Waals surface area (Å²) in [4.78, 5) is 2.22. The third-order valence-electron chi connectivity index (χ3n) is 5.26. The summed E-state index contributed by atoms with van der Waals surface area (Å²) >= 11 is 0. The SMILES string of the molecule is C[C@]1(O)CC[C@]2(CCN(c3ccc(OC(F)(F)F)cc3)C2)CC1. The quantitative estimate of drug-likeness (QED) is 0.886. The summed E-state index contributed by atoms with van der Waals surface area (Å²) in [6.07, 6.45) is 0.0675. The van der Waals surface area contributed by atoms with E-state index in [-0.39, 0.29) is 11.2 Å². The predicted octanol–water partition coefficient (Wildman–Crippen LogP) is 4.11. The van der Waals surface area contributed by atoms with Crippen molar-refractivity contribution >= 4 is 5.69 Å². The van der Waals surface area contributed by atoms with Crippen LogP contribution in [0.2, 0.25) is 0 Å². The molecule has 1 saturated carbocycles. The maximum Gasteiger partial charge on any atom is 0.573 e. The molecule has 1 aromatic carbocycles. The first kappa shape index (κ1) is 16.4. The van der Waals surface area contributed by atoms with E-state index in [0.29, 0.717) is 0 Å². The van der Waals surface area contributed by atoms with Crippen LogP contribution >= 0.6 is 0 Å². The Kier molecular flexibility index (Phi) is 3.99. The minimum atomic E-state index is -4.65. The molecule has 2 aliphatic rings. The Morgan fingerprint density at radius 2 is 1.65 bits per heavy atom. The first-order valence-corrected chi connectivity index (χ1v) is 8.00. The van der Waals surface area contributed by atoms with Crippen molar-refractivity contribution in [2.45, 2.75) is 51.0 Å². The van der Waals surface area contributed by atoms with Crippen LogP contribution in [-0.4, -0.2) is 30.2 Å². The number of nitrogens with zero attached hydrogens (tertiary/aromatic N) is 1. The summed E-state index contributed by atoms with van der Waals surface area (Å²) in [5.74, 6) is -0.191. The molecule has 6 heteroatoms. The molecule has 1 aliphatic heterocycles. The standard InChI is InChI=1S/C17H22F3NO2/c1-15(22)6-8-16(9-7-15)10-11-21(12-16)13-2-4-14(5-3-13)23-17(18,19)20/h2-5,22H,6-12H2,1H3/t15-,16+. The van der Waals surface area contributed by atoms with Crippen molar-refractivity contribution in [2.24, 2.45) is 5.41 Å². The van der Waals surface area contributed by atoms with E-state index in [1.165, 1.54) is 12.1 Å². The van der Waals surface area contributed by atoms with E-state index in [4.69, 9.17) is 0 Å². The Balaban J connectivity index is 1.63. The van der Waals surface area contributed by atoms with Gasteiger partial charge in [-0.2, -0.15) is 0 Å². The molecule has 0 unspecified atom stereocenters.